The van der Waals surface area contributed by atoms with Crippen molar-refractivity contribution in [2.45, 2.75) is 6.92 Å². The van der Waals surface area contributed by atoms with Gasteiger partial charge in [0.25, 0.3) is 11.8 Å². The van der Waals surface area contributed by atoms with Crippen LogP contribution in [-0.4, -0.2) is 18.9 Å². The Bertz CT molecular complexity index is 984. The molecule has 0 saturated heterocycles. The Balaban J connectivity index is 1.76. The first kappa shape index (κ1) is 18.5. The first-order chi connectivity index (χ1) is 13.0. The van der Waals surface area contributed by atoms with Crippen LogP contribution in [0.25, 0.3) is 0 Å². The average Bonchev–Trinajstić information content (AvgIpc) is 3.20. The first-order valence-electron chi connectivity index (χ1n) is 8.08. The molecule has 0 radical (unpaired) electrons. The van der Waals surface area contributed by atoms with E-state index in [2.05, 4.69) is 10.6 Å². The molecule has 2 amide bonds. The number of carbonyl (C=O) groups excluding carboxylic acids is 2. The summed E-state index contributed by atoms with van der Waals surface area (Å²) in [5.74, 6) is -0.115. The van der Waals surface area contributed by atoms with E-state index in [0.29, 0.717) is 27.7 Å². The lowest BCUT2D eigenvalue weighted by Gasteiger charge is -2.12. The van der Waals surface area contributed by atoms with Gasteiger partial charge in [-0.2, -0.15) is 0 Å². The zero-order valence-electron chi connectivity index (χ0n) is 14.7. The third kappa shape index (κ3) is 4.30. The molecule has 3 aromatic rings. The molecule has 7 heteroatoms. The van der Waals surface area contributed by atoms with Gasteiger partial charge < -0.3 is 19.8 Å². The summed E-state index contributed by atoms with van der Waals surface area (Å²) in [7, 11) is 1.48. The lowest BCUT2D eigenvalue weighted by molar-refractivity contribution is 0.0994. The molecule has 2 aromatic carbocycles. The molecule has 27 heavy (non-hydrogen) atoms. The van der Waals surface area contributed by atoms with Crippen LogP contribution in [0.1, 0.15) is 26.5 Å². The minimum absolute atomic E-state index is 0.186. The maximum atomic E-state index is 12.4. The van der Waals surface area contributed by atoms with Gasteiger partial charge in [-0.05, 0) is 48.9 Å². The molecule has 0 aliphatic rings. The highest BCUT2D eigenvalue weighted by Gasteiger charge is 2.14. The van der Waals surface area contributed by atoms with E-state index >= 15 is 0 Å². The maximum Gasteiger partial charge on any atom is 0.291 e. The van der Waals surface area contributed by atoms with Crippen LogP contribution < -0.4 is 15.4 Å². The van der Waals surface area contributed by atoms with E-state index in [1.165, 1.54) is 13.4 Å². The zero-order chi connectivity index (χ0) is 19.4. The average molecular weight is 385 g/mol. The van der Waals surface area contributed by atoms with Crippen molar-refractivity contribution in [1.29, 1.82) is 0 Å². The van der Waals surface area contributed by atoms with E-state index in [9.17, 15) is 9.59 Å². The van der Waals surface area contributed by atoms with Crippen molar-refractivity contribution in [2.75, 3.05) is 17.7 Å². The highest BCUT2D eigenvalue weighted by molar-refractivity contribution is 6.31. The van der Waals surface area contributed by atoms with E-state index in [0.717, 1.165) is 5.56 Å². The number of aryl methyl sites for hydroxylation is 1. The van der Waals surface area contributed by atoms with Gasteiger partial charge in [-0.25, -0.2) is 0 Å². The highest BCUT2D eigenvalue weighted by Crippen LogP contribution is 2.29. The third-order valence-electron chi connectivity index (χ3n) is 3.89. The van der Waals surface area contributed by atoms with Crippen LogP contribution in [0.3, 0.4) is 0 Å². The Hall–Kier alpha value is -3.25. The molecule has 0 atom stereocenters. The quantitative estimate of drug-likeness (QED) is 0.664. The molecule has 1 heterocycles. The van der Waals surface area contributed by atoms with Gasteiger partial charge in [0, 0.05) is 22.3 Å². The van der Waals surface area contributed by atoms with Crippen molar-refractivity contribution >= 4 is 34.8 Å². The number of hydrogen-bond acceptors (Lipinski definition) is 4. The number of hydrogen-bond donors (Lipinski definition) is 2. The van der Waals surface area contributed by atoms with Gasteiger partial charge in [0.2, 0.25) is 0 Å². The predicted octanol–water partition coefficient (Wildman–Crippen LogP) is 4.75. The van der Waals surface area contributed by atoms with Crippen molar-refractivity contribution in [3.8, 4) is 5.75 Å². The fraction of sp³-hybridized carbons (Fsp3) is 0.100. The number of halogens is 1. The van der Waals surface area contributed by atoms with Crippen molar-refractivity contribution in [2.24, 2.45) is 0 Å². The second-order valence-electron chi connectivity index (χ2n) is 5.76. The van der Waals surface area contributed by atoms with E-state index < -0.39 is 5.91 Å². The fourth-order valence-corrected chi connectivity index (χ4v) is 2.58. The predicted molar refractivity (Wildman–Crippen MR) is 104 cm³/mol. The summed E-state index contributed by atoms with van der Waals surface area (Å²) in [6.07, 6.45) is 1.42. The maximum absolute atomic E-state index is 12.4. The number of nitrogens with one attached hydrogen (secondary N) is 2. The smallest absolute Gasteiger partial charge is 0.291 e. The number of methoxy groups -OCH3 is 1. The number of amides is 2. The molecular weight excluding hydrogens is 368 g/mol. The standard InChI is InChI=1S/C20H17ClN2O4/c1-12-5-6-13(10-15(12)21)19(24)22-14-7-8-16(18(11-14)26-2)23-20(25)17-4-3-9-27-17/h3-11H,1-2H3,(H,22,24)(H,23,25). The SMILES string of the molecule is COc1cc(NC(=O)c2ccc(C)c(Cl)c2)ccc1NC(=O)c1ccco1. The summed E-state index contributed by atoms with van der Waals surface area (Å²) in [5.41, 5.74) is 2.31. The van der Waals surface area contributed by atoms with Crippen LogP contribution in [0.5, 0.6) is 5.75 Å². The van der Waals surface area contributed by atoms with Gasteiger partial charge >= 0.3 is 0 Å². The van der Waals surface area contributed by atoms with Gasteiger partial charge in [0.1, 0.15) is 5.75 Å². The van der Waals surface area contributed by atoms with E-state index in [-0.39, 0.29) is 11.7 Å². The molecule has 3 rings (SSSR count). The molecule has 0 spiro atoms. The van der Waals surface area contributed by atoms with Gasteiger partial charge in [-0.1, -0.05) is 17.7 Å². The first-order valence-corrected chi connectivity index (χ1v) is 8.46. The Kier molecular flexibility index (Phi) is 5.47. The van der Waals surface area contributed by atoms with E-state index in [1.807, 2.05) is 6.92 Å². The summed E-state index contributed by atoms with van der Waals surface area (Å²) in [5, 5.41) is 6.01. The second kappa shape index (κ2) is 7.97. The Morgan fingerprint density at radius 1 is 1.04 bits per heavy atom. The number of furan rings is 1. The molecule has 6 nitrogen and oxygen atoms in total. The van der Waals surface area contributed by atoms with Crippen LogP contribution in [0.2, 0.25) is 5.02 Å². The Labute approximate surface area is 161 Å². The fourth-order valence-electron chi connectivity index (χ4n) is 2.40. The molecule has 1 aromatic heterocycles. The van der Waals surface area contributed by atoms with Crippen molar-refractivity contribution in [3.05, 3.63) is 76.7 Å². The van der Waals surface area contributed by atoms with Gasteiger partial charge in [0.15, 0.2) is 5.76 Å². The number of benzene rings is 2. The van der Waals surface area contributed by atoms with Gasteiger partial charge in [-0.3, -0.25) is 9.59 Å². The van der Waals surface area contributed by atoms with Gasteiger partial charge in [-0.15, -0.1) is 0 Å². The Morgan fingerprint density at radius 2 is 1.85 bits per heavy atom. The minimum Gasteiger partial charge on any atom is -0.494 e. The van der Waals surface area contributed by atoms with Crippen LogP contribution >= 0.6 is 11.6 Å². The summed E-state index contributed by atoms with van der Waals surface area (Å²) in [6, 6.07) is 13.2. The monoisotopic (exact) mass is 384 g/mol. The normalized spacial score (nSPS) is 10.3. The largest absolute Gasteiger partial charge is 0.494 e. The molecule has 2 N–H and O–H groups in total. The number of carbonyl (C=O) groups is 2. The summed E-state index contributed by atoms with van der Waals surface area (Å²) in [4.78, 5) is 24.5. The van der Waals surface area contributed by atoms with Crippen LogP contribution in [-0.2, 0) is 0 Å². The highest BCUT2D eigenvalue weighted by atomic mass is 35.5. The summed E-state index contributed by atoms with van der Waals surface area (Å²) >= 11 is 6.07. The van der Waals surface area contributed by atoms with E-state index in [4.69, 9.17) is 20.8 Å². The molecule has 0 fully saturated rings. The van der Waals surface area contributed by atoms with Crippen molar-refractivity contribution < 1.29 is 18.7 Å². The lowest BCUT2D eigenvalue weighted by atomic mass is 10.1. The zero-order valence-corrected chi connectivity index (χ0v) is 15.5. The number of ether oxygens (including phenoxy) is 1. The van der Waals surface area contributed by atoms with E-state index in [1.54, 1.807) is 48.5 Å². The Morgan fingerprint density at radius 3 is 2.52 bits per heavy atom. The molecule has 138 valence electrons. The molecule has 0 aliphatic heterocycles. The summed E-state index contributed by atoms with van der Waals surface area (Å²) in [6.45, 7) is 1.87. The number of rotatable bonds is 5. The molecule has 0 aliphatic carbocycles. The van der Waals surface area contributed by atoms with Gasteiger partial charge in [0.05, 0.1) is 19.1 Å². The lowest BCUT2D eigenvalue weighted by Crippen LogP contribution is -2.14. The molecule has 0 saturated carbocycles. The number of anilines is 2. The summed E-state index contributed by atoms with van der Waals surface area (Å²) < 4.78 is 10.4. The molecule has 0 bridgehead atoms. The van der Waals surface area contributed by atoms with Crippen molar-refractivity contribution in [3.63, 3.8) is 0 Å². The van der Waals surface area contributed by atoms with Crippen LogP contribution in [0.4, 0.5) is 11.4 Å². The topological polar surface area (TPSA) is 80.6 Å². The minimum atomic E-state index is -0.399. The van der Waals surface area contributed by atoms with Crippen LogP contribution in [0.15, 0.2) is 59.2 Å². The van der Waals surface area contributed by atoms with Crippen molar-refractivity contribution in [1.82, 2.24) is 0 Å². The molecule has 0 unspecified atom stereocenters. The molecular formula is C20H17ClN2O4. The third-order valence-corrected chi connectivity index (χ3v) is 4.29. The van der Waals surface area contributed by atoms with Crippen LogP contribution in [0, 0.1) is 6.92 Å². The second-order valence-corrected chi connectivity index (χ2v) is 6.17.